The number of carbonyl (C=O) groups excluding carboxylic acids is 2. The zero-order valence-electron chi connectivity index (χ0n) is 22.5. The molecule has 1 aromatic carbocycles. The lowest BCUT2D eigenvalue weighted by Crippen LogP contribution is -2.55. The van der Waals surface area contributed by atoms with Crippen molar-refractivity contribution >= 4 is 17.8 Å². The largest absolute Gasteiger partial charge is 0.494 e. The van der Waals surface area contributed by atoms with Gasteiger partial charge in [-0.05, 0) is 71.2 Å². The van der Waals surface area contributed by atoms with Gasteiger partial charge in [-0.3, -0.25) is 9.59 Å². The molecule has 0 radical (unpaired) electrons. The monoisotopic (exact) mass is 518 g/mol. The third kappa shape index (κ3) is 7.92. The normalized spacial score (nSPS) is 23.1. The van der Waals surface area contributed by atoms with Gasteiger partial charge in [0.2, 0.25) is 5.90 Å². The van der Waals surface area contributed by atoms with E-state index in [0.717, 1.165) is 19.3 Å². The molecule has 2 atom stereocenters. The molecule has 1 fully saturated rings. The smallest absolute Gasteiger partial charge is 0.306 e. The number of carbonyl (C=O) groups is 2. The van der Waals surface area contributed by atoms with E-state index in [1.807, 2.05) is 0 Å². The number of aliphatic hydroxyl groups is 2. The van der Waals surface area contributed by atoms with Gasteiger partial charge in [-0.2, -0.15) is 0 Å². The summed E-state index contributed by atoms with van der Waals surface area (Å²) in [4.78, 5) is 30.9. The van der Waals surface area contributed by atoms with Gasteiger partial charge in [-0.15, -0.1) is 0 Å². The van der Waals surface area contributed by atoms with Crippen LogP contribution in [0.1, 0.15) is 84.6 Å². The Morgan fingerprint density at radius 3 is 2.46 bits per heavy atom. The van der Waals surface area contributed by atoms with Crippen LogP contribution in [0.2, 0.25) is 0 Å². The first-order chi connectivity index (χ1) is 17.5. The van der Waals surface area contributed by atoms with Crippen molar-refractivity contribution in [2.45, 2.75) is 102 Å². The predicted octanol–water partition coefficient (Wildman–Crippen LogP) is 3.29. The number of aliphatic imine (C=N–C) groups is 1. The highest BCUT2D eigenvalue weighted by atomic mass is 16.6. The van der Waals surface area contributed by atoms with Gasteiger partial charge >= 0.3 is 5.97 Å². The molecular formula is C28H42N2O7. The molecular weight excluding hydrogens is 476 g/mol. The predicted molar refractivity (Wildman–Crippen MR) is 140 cm³/mol. The van der Waals surface area contributed by atoms with Crippen molar-refractivity contribution in [2.75, 3.05) is 19.8 Å². The average Bonchev–Trinajstić information content (AvgIpc) is 3.18. The molecule has 0 saturated heterocycles. The number of esters is 1. The van der Waals surface area contributed by atoms with Crippen molar-refractivity contribution in [3.8, 4) is 5.75 Å². The first-order valence-electron chi connectivity index (χ1n) is 13.3. The molecule has 1 amide bonds. The molecule has 0 bridgehead atoms. The minimum atomic E-state index is -1.34. The molecule has 3 rings (SSSR count). The van der Waals surface area contributed by atoms with E-state index in [2.05, 4.69) is 5.32 Å². The SMILES string of the molecule is C[C@H]1OC(c2ccc(OCCCO)cc2)=N[C@@]1(CCC(=O)OC(C)(C)C)C(=O)NCC1(O)CCCCC1. The Balaban J connectivity index is 1.80. The summed E-state index contributed by atoms with van der Waals surface area (Å²) >= 11 is 0. The fraction of sp³-hybridized carbons (Fsp3) is 0.679. The zero-order chi connectivity index (χ0) is 27.1. The average molecular weight is 519 g/mol. The van der Waals surface area contributed by atoms with Crippen LogP contribution in [0, 0.1) is 0 Å². The summed E-state index contributed by atoms with van der Waals surface area (Å²) in [5.74, 6) is 0.177. The number of hydrogen-bond acceptors (Lipinski definition) is 8. The van der Waals surface area contributed by atoms with E-state index in [9.17, 15) is 14.7 Å². The summed E-state index contributed by atoms with van der Waals surface area (Å²) in [5, 5.41) is 22.8. The number of aliphatic hydroxyl groups excluding tert-OH is 1. The molecule has 2 aliphatic rings. The Hall–Kier alpha value is -2.65. The Kier molecular flexibility index (Phi) is 9.58. The van der Waals surface area contributed by atoms with Gasteiger partial charge in [-0.25, -0.2) is 4.99 Å². The molecule has 1 aliphatic carbocycles. The third-order valence-corrected chi connectivity index (χ3v) is 6.82. The minimum absolute atomic E-state index is 0.00290. The van der Waals surface area contributed by atoms with E-state index >= 15 is 0 Å². The summed E-state index contributed by atoms with van der Waals surface area (Å²) in [5.41, 5.74) is -2.22. The number of benzene rings is 1. The maximum absolute atomic E-state index is 13.6. The van der Waals surface area contributed by atoms with Gasteiger partial charge in [0.1, 0.15) is 17.5 Å². The Morgan fingerprint density at radius 1 is 1.16 bits per heavy atom. The van der Waals surface area contributed by atoms with Crippen LogP contribution in [0.3, 0.4) is 0 Å². The number of nitrogens with zero attached hydrogens (tertiary/aromatic N) is 1. The molecule has 1 heterocycles. The van der Waals surface area contributed by atoms with Gasteiger partial charge in [-0.1, -0.05) is 19.3 Å². The first kappa shape index (κ1) is 28.9. The number of hydrogen-bond donors (Lipinski definition) is 3. The maximum atomic E-state index is 13.6. The van der Waals surface area contributed by atoms with Crippen molar-refractivity contribution in [1.82, 2.24) is 5.32 Å². The highest BCUT2D eigenvalue weighted by Crippen LogP contribution is 2.34. The van der Waals surface area contributed by atoms with Crippen LogP contribution in [0.5, 0.6) is 5.75 Å². The fourth-order valence-electron chi connectivity index (χ4n) is 4.72. The lowest BCUT2D eigenvalue weighted by Gasteiger charge is -2.34. The number of amides is 1. The lowest BCUT2D eigenvalue weighted by atomic mass is 9.84. The summed E-state index contributed by atoms with van der Waals surface area (Å²) < 4.78 is 17.1. The van der Waals surface area contributed by atoms with E-state index < -0.39 is 28.8 Å². The summed E-state index contributed by atoms with van der Waals surface area (Å²) in [6.45, 7) is 7.77. The van der Waals surface area contributed by atoms with Gasteiger partial charge in [0.25, 0.3) is 5.91 Å². The highest BCUT2D eigenvalue weighted by molar-refractivity contribution is 6.01. The van der Waals surface area contributed by atoms with Crippen LogP contribution in [0.15, 0.2) is 29.3 Å². The van der Waals surface area contributed by atoms with Crippen LogP contribution in [-0.4, -0.2) is 70.6 Å². The molecule has 1 aliphatic heterocycles. The van der Waals surface area contributed by atoms with Gasteiger partial charge < -0.3 is 29.7 Å². The molecule has 9 heteroatoms. The molecule has 9 nitrogen and oxygen atoms in total. The van der Waals surface area contributed by atoms with Crippen LogP contribution in [-0.2, 0) is 19.1 Å². The van der Waals surface area contributed by atoms with Crippen LogP contribution in [0.25, 0.3) is 0 Å². The van der Waals surface area contributed by atoms with E-state index in [4.69, 9.17) is 24.3 Å². The Labute approximate surface area is 219 Å². The van der Waals surface area contributed by atoms with Gasteiger partial charge in [0.15, 0.2) is 5.54 Å². The van der Waals surface area contributed by atoms with Crippen molar-refractivity contribution in [3.05, 3.63) is 29.8 Å². The molecule has 0 aromatic heterocycles. The maximum Gasteiger partial charge on any atom is 0.306 e. The second kappa shape index (κ2) is 12.3. The second-order valence-corrected chi connectivity index (χ2v) is 11.1. The topological polar surface area (TPSA) is 127 Å². The Morgan fingerprint density at radius 2 is 1.84 bits per heavy atom. The van der Waals surface area contributed by atoms with Crippen molar-refractivity contribution in [2.24, 2.45) is 4.99 Å². The minimum Gasteiger partial charge on any atom is -0.494 e. The van der Waals surface area contributed by atoms with Crippen LogP contribution >= 0.6 is 0 Å². The standard InChI is InChI=1S/C28H42N2O7/c1-20-28(16-13-23(32)37-26(2,3)4,25(33)29-19-27(34)14-6-5-7-15-27)30-24(36-20)21-9-11-22(12-10-21)35-18-8-17-31/h9-12,20,31,34H,5-8,13-19H2,1-4H3,(H,29,33)/t20-,28-/m1/s1. The van der Waals surface area contributed by atoms with Gasteiger partial charge in [0, 0.05) is 31.6 Å². The molecule has 1 aromatic rings. The lowest BCUT2D eigenvalue weighted by molar-refractivity contribution is -0.155. The second-order valence-electron chi connectivity index (χ2n) is 11.1. The van der Waals surface area contributed by atoms with E-state index in [-0.39, 0.29) is 31.9 Å². The van der Waals surface area contributed by atoms with E-state index in [0.29, 0.717) is 43.1 Å². The molecule has 3 N–H and O–H groups in total. The summed E-state index contributed by atoms with van der Waals surface area (Å²) in [6.07, 6.45) is 4.24. The summed E-state index contributed by atoms with van der Waals surface area (Å²) in [7, 11) is 0. The first-order valence-corrected chi connectivity index (χ1v) is 13.3. The van der Waals surface area contributed by atoms with Crippen molar-refractivity contribution in [3.63, 3.8) is 0 Å². The quantitative estimate of drug-likeness (QED) is 0.303. The number of nitrogens with one attached hydrogen (secondary N) is 1. The fourth-order valence-corrected chi connectivity index (χ4v) is 4.72. The van der Waals surface area contributed by atoms with E-state index in [1.165, 1.54) is 0 Å². The van der Waals surface area contributed by atoms with Crippen LogP contribution < -0.4 is 10.1 Å². The molecule has 1 saturated carbocycles. The summed E-state index contributed by atoms with van der Waals surface area (Å²) in [6, 6.07) is 7.16. The number of rotatable bonds is 11. The molecule has 206 valence electrons. The molecule has 0 spiro atoms. The van der Waals surface area contributed by atoms with Crippen molar-refractivity contribution < 1.29 is 34.0 Å². The molecule has 0 unspecified atom stereocenters. The number of ether oxygens (including phenoxy) is 3. The van der Waals surface area contributed by atoms with Gasteiger partial charge in [0.05, 0.1) is 12.2 Å². The zero-order valence-corrected chi connectivity index (χ0v) is 22.5. The molecule has 37 heavy (non-hydrogen) atoms. The van der Waals surface area contributed by atoms with E-state index in [1.54, 1.807) is 52.0 Å². The highest BCUT2D eigenvalue weighted by Gasteiger charge is 2.51. The third-order valence-electron chi connectivity index (χ3n) is 6.82. The Bertz CT molecular complexity index is 948. The van der Waals surface area contributed by atoms with Crippen molar-refractivity contribution in [1.29, 1.82) is 0 Å². The van der Waals surface area contributed by atoms with Crippen LogP contribution in [0.4, 0.5) is 0 Å².